The second kappa shape index (κ2) is 7.95. The molecule has 7 heteroatoms. The Kier molecular flexibility index (Phi) is 5.20. The van der Waals surface area contributed by atoms with Gasteiger partial charge in [0.2, 0.25) is 0 Å². The highest BCUT2D eigenvalue weighted by Crippen LogP contribution is 2.25. The molecule has 1 amide bonds. The molecule has 3 heterocycles. The summed E-state index contributed by atoms with van der Waals surface area (Å²) in [4.78, 5) is 21.5. The van der Waals surface area contributed by atoms with Crippen molar-refractivity contribution in [2.75, 3.05) is 41.3 Å². The van der Waals surface area contributed by atoms with Gasteiger partial charge in [-0.3, -0.25) is 9.78 Å². The number of pyridine rings is 1. The van der Waals surface area contributed by atoms with Gasteiger partial charge in [0.05, 0.1) is 17.4 Å². The molecule has 0 bridgehead atoms. The molecule has 150 valence electrons. The molecule has 2 aromatic heterocycles. The van der Waals surface area contributed by atoms with Crippen molar-refractivity contribution in [2.24, 2.45) is 0 Å². The molecular formula is C22H25N5O2. The number of anilines is 3. The first-order valence-electron chi connectivity index (χ1n) is 9.77. The molecule has 0 aliphatic carbocycles. The SMILES string of the molecule is Cc1cc(NC(=O)c2cncc(N3CCN(c4cccc(C)c4C)CC3)c2)no1. The van der Waals surface area contributed by atoms with E-state index in [0.29, 0.717) is 17.1 Å². The highest BCUT2D eigenvalue weighted by Gasteiger charge is 2.20. The molecule has 0 unspecified atom stereocenters. The van der Waals surface area contributed by atoms with E-state index in [1.165, 1.54) is 16.8 Å². The molecule has 0 radical (unpaired) electrons. The maximum absolute atomic E-state index is 12.5. The molecule has 1 fully saturated rings. The fourth-order valence-corrected chi connectivity index (χ4v) is 3.62. The number of rotatable bonds is 4. The lowest BCUT2D eigenvalue weighted by molar-refractivity contribution is 0.102. The summed E-state index contributed by atoms with van der Waals surface area (Å²) in [5.41, 5.74) is 5.41. The number of piperazine rings is 1. The predicted molar refractivity (Wildman–Crippen MR) is 114 cm³/mol. The number of nitrogens with one attached hydrogen (secondary N) is 1. The van der Waals surface area contributed by atoms with Crippen molar-refractivity contribution in [3.8, 4) is 0 Å². The van der Waals surface area contributed by atoms with Gasteiger partial charge < -0.3 is 19.6 Å². The molecule has 0 saturated carbocycles. The number of nitrogens with zero attached hydrogens (tertiary/aromatic N) is 4. The molecule has 1 aliphatic heterocycles. The summed E-state index contributed by atoms with van der Waals surface area (Å²) in [6.07, 6.45) is 3.38. The third-order valence-corrected chi connectivity index (χ3v) is 5.42. The summed E-state index contributed by atoms with van der Waals surface area (Å²) < 4.78 is 4.99. The summed E-state index contributed by atoms with van der Waals surface area (Å²) in [5, 5.41) is 6.54. The van der Waals surface area contributed by atoms with Crippen LogP contribution in [0.25, 0.3) is 0 Å². The van der Waals surface area contributed by atoms with Crippen molar-refractivity contribution in [1.82, 2.24) is 10.1 Å². The van der Waals surface area contributed by atoms with Crippen LogP contribution in [0.5, 0.6) is 0 Å². The summed E-state index contributed by atoms with van der Waals surface area (Å²) in [6, 6.07) is 10.0. The molecule has 3 aromatic rings. The maximum atomic E-state index is 12.5. The van der Waals surface area contributed by atoms with Gasteiger partial charge >= 0.3 is 0 Å². The summed E-state index contributed by atoms with van der Waals surface area (Å²) in [7, 11) is 0. The van der Waals surface area contributed by atoms with Crippen molar-refractivity contribution in [1.29, 1.82) is 0 Å². The number of carbonyl (C=O) groups is 1. The molecule has 7 nitrogen and oxygen atoms in total. The zero-order valence-corrected chi connectivity index (χ0v) is 17.0. The second-order valence-corrected chi connectivity index (χ2v) is 7.40. The first-order chi connectivity index (χ1) is 14.0. The van der Waals surface area contributed by atoms with E-state index >= 15 is 0 Å². The number of aryl methyl sites for hydroxylation is 2. The smallest absolute Gasteiger partial charge is 0.258 e. The molecule has 0 spiro atoms. The monoisotopic (exact) mass is 391 g/mol. The maximum Gasteiger partial charge on any atom is 0.258 e. The zero-order chi connectivity index (χ0) is 20.4. The highest BCUT2D eigenvalue weighted by atomic mass is 16.5. The van der Waals surface area contributed by atoms with Crippen LogP contribution in [-0.2, 0) is 0 Å². The van der Waals surface area contributed by atoms with E-state index in [4.69, 9.17) is 4.52 Å². The Hall–Kier alpha value is -3.35. The van der Waals surface area contributed by atoms with Crippen LogP contribution >= 0.6 is 0 Å². The standard InChI is InChI=1S/C22H25N5O2/c1-15-5-4-6-20(17(15)3)27-9-7-26(8-10-27)19-12-18(13-23-14-19)22(28)24-21-11-16(2)29-25-21/h4-6,11-14H,7-10H2,1-3H3,(H,24,25,28). The van der Waals surface area contributed by atoms with Crippen molar-refractivity contribution in [2.45, 2.75) is 20.8 Å². The highest BCUT2D eigenvalue weighted by molar-refractivity contribution is 6.04. The molecule has 1 aromatic carbocycles. The summed E-state index contributed by atoms with van der Waals surface area (Å²) >= 11 is 0. The Balaban J connectivity index is 1.43. The number of benzene rings is 1. The summed E-state index contributed by atoms with van der Waals surface area (Å²) in [5.74, 6) is 0.801. The minimum absolute atomic E-state index is 0.248. The van der Waals surface area contributed by atoms with Gasteiger partial charge in [0.1, 0.15) is 5.76 Å². The molecule has 1 saturated heterocycles. The van der Waals surface area contributed by atoms with Crippen LogP contribution in [0, 0.1) is 20.8 Å². The third-order valence-electron chi connectivity index (χ3n) is 5.42. The minimum atomic E-state index is -0.248. The lowest BCUT2D eigenvalue weighted by Crippen LogP contribution is -2.46. The van der Waals surface area contributed by atoms with Crippen LogP contribution in [0.4, 0.5) is 17.2 Å². The molecular weight excluding hydrogens is 366 g/mol. The van der Waals surface area contributed by atoms with Crippen LogP contribution in [0.15, 0.2) is 47.2 Å². The Bertz CT molecular complexity index is 1020. The third kappa shape index (κ3) is 4.08. The van der Waals surface area contributed by atoms with E-state index in [1.54, 1.807) is 19.2 Å². The topological polar surface area (TPSA) is 74.5 Å². The number of hydrogen-bond acceptors (Lipinski definition) is 6. The van der Waals surface area contributed by atoms with Crippen LogP contribution in [-0.4, -0.2) is 42.2 Å². The predicted octanol–water partition coefficient (Wildman–Crippen LogP) is 3.57. The van der Waals surface area contributed by atoms with Crippen molar-refractivity contribution >= 4 is 23.1 Å². The van der Waals surface area contributed by atoms with Gasteiger partial charge in [-0.2, -0.15) is 0 Å². The normalized spacial score (nSPS) is 14.2. The number of hydrogen-bond donors (Lipinski definition) is 1. The fraction of sp³-hybridized carbons (Fsp3) is 0.318. The Morgan fingerprint density at radius 3 is 2.52 bits per heavy atom. The van der Waals surface area contributed by atoms with Gasteiger partial charge in [-0.05, 0) is 44.0 Å². The lowest BCUT2D eigenvalue weighted by Gasteiger charge is -2.38. The van der Waals surface area contributed by atoms with Crippen molar-refractivity contribution in [3.05, 3.63) is 65.2 Å². The number of carbonyl (C=O) groups excluding carboxylic acids is 1. The van der Waals surface area contributed by atoms with Gasteiger partial charge in [-0.25, -0.2) is 0 Å². The van der Waals surface area contributed by atoms with Gasteiger partial charge in [-0.15, -0.1) is 0 Å². The first-order valence-corrected chi connectivity index (χ1v) is 9.77. The van der Waals surface area contributed by atoms with Crippen LogP contribution < -0.4 is 15.1 Å². The van der Waals surface area contributed by atoms with Gasteiger partial charge in [0.25, 0.3) is 5.91 Å². The first kappa shape index (κ1) is 19.0. The van der Waals surface area contributed by atoms with Crippen molar-refractivity contribution < 1.29 is 9.32 Å². The van der Waals surface area contributed by atoms with E-state index in [1.807, 2.05) is 12.3 Å². The van der Waals surface area contributed by atoms with Gasteiger partial charge in [-0.1, -0.05) is 17.3 Å². The van der Waals surface area contributed by atoms with Crippen LogP contribution in [0.2, 0.25) is 0 Å². The quantitative estimate of drug-likeness (QED) is 0.733. The second-order valence-electron chi connectivity index (χ2n) is 7.40. The molecule has 4 rings (SSSR count). The molecule has 0 atom stereocenters. The van der Waals surface area contributed by atoms with Crippen molar-refractivity contribution in [3.63, 3.8) is 0 Å². The van der Waals surface area contributed by atoms with Crippen LogP contribution in [0.3, 0.4) is 0 Å². The van der Waals surface area contributed by atoms with E-state index in [-0.39, 0.29) is 5.91 Å². The summed E-state index contributed by atoms with van der Waals surface area (Å²) in [6.45, 7) is 9.73. The Labute approximate surface area is 170 Å². The van der Waals surface area contributed by atoms with E-state index < -0.39 is 0 Å². The molecule has 1 N–H and O–H groups in total. The number of amides is 1. The zero-order valence-electron chi connectivity index (χ0n) is 17.0. The van der Waals surface area contributed by atoms with E-state index in [9.17, 15) is 4.79 Å². The average molecular weight is 391 g/mol. The Morgan fingerprint density at radius 1 is 1.03 bits per heavy atom. The fourth-order valence-electron chi connectivity index (χ4n) is 3.62. The van der Waals surface area contributed by atoms with E-state index in [0.717, 1.165) is 31.9 Å². The molecule has 1 aliphatic rings. The van der Waals surface area contributed by atoms with E-state index in [2.05, 4.69) is 57.3 Å². The minimum Gasteiger partial charge on any atom is -0.368 e. The molecule has 29 heavy (non-hydrogen) atoms. The van der Waals surface area contributed by atoms with Crippen LogP contribution in [0.1, 0.15) is 27.2 Å². The number of aromatic nitrogens is 2. The lowest BCUT2D eigenvalue weighted by atomic mass is 10.1. The largest absolute Gasteiger partial charge is 0.368 e. The Morgan fingerprint density at radius 2 is 1.79 bits per heavy atom. The average Bonchev–Trinajstić information content (AvgIpc) is 3.15. The van der Waals surface area contributed by atoms with Gasteiger partial charge in [0.15, 0.2) is 5.82 Å². The van der Waals surface area contributed by atoms with Gasteiger partial charge in [0, 0.05) is 44.1 Å².